The maximum atomic E-state index is 13.5. The number of amides is 2. The van der Waals surface area contributed by atoms with E-state index in [1.165, 1.54) is 37.4 Å². The molecular weight excluding hydrogens is 392 g/mol. The number of anilines is 1. The molecule has 2 atom stereocenters. The van der Waals surface area contributed by atoms with Gasteiger partial charge < -0.3 is 10.2 Å². The highest BCUT2D eigenvalue weighted by atomic mass is 32.2. The summed E-state index contributed by atoms with van der Waals surface area (Å²) >= 11 is 1.44. The van der Waals surface area contributed by atoms with Crippen LogP contribution in [0.4, 0.5) is 5.69 Å². The molecule has 1 aliphatic carbocycles. The monoisotopic (exact) mass is 422 g/mol. The van der Waals surface area contributed by atoms with Gasteiger partial charge in [-0.05, 0) is 62.8 Å². The van der Waals surface area contributed by atoms with Gasteiger partial charge in [0.25, 0.3) is 5.91 Å². The summed E-state index contributed by atoms with van der Waals surface area (Å²) in [5.74, 6) is 1.02. The molecule has 2 aromatic rings. The van der Waals surface area contributed by atoms with Crippen LogP contribution in [-0.4, -0.2) is 35.1 Å². The first-order chi connectivity index (χ1) is 14.6. The van der Waals surface area contributed by atoms with E-state index in [0.717, 1.165) is 41.1 Å². The number of hydrogen-bond acceptors (Lipinski definition) is 3. The molecule has 30 heavy (non-hydrogen) atoms. The molecule has 0 aromatic heterocycles. The predicted molar refractivity (Wildman–Crippen MR) is 123 cm³/mol. The molecule has 1 saturated heterocycles. The molecule has 4 rings (SSSR count). The van der Waals surface area contributed by atoms with Gasteiger partial charge in [0, 0.05) is 23.2 Å². The van der Waals surface area contributed by atoms with Gasteiger partial charge in [-0.2, -0.15) is 0 Å². The number of fused-ring (bicyclic) bond motifs is 1. The van der Waals surface area contributed by atoms with Gasteiger partial charge >= 0.3 is 0 Å². The van der Waals surface area contributed by atoms with Crippen molar-refractivity contribution in [1.82, 2.24) is 4.90 Å². The Morgan fingerprint density at radius 1 is 1.00 bits per heavy atom. The summed E-state index contributed by atoms with van der Waals surface area (Å²) < 4.78 is 0. The Bertz CT molecular complexity index is 894. The Labute approximate surface area is 183 Å². The largest absolute Gasteiger partial charge is 0.335 e. The lowest BCUT2D eigenvalue weighted by Gasteiger charge is -2.44. The Balaban J connectivity index is 1.42. The van der Waals surface area contributed by atoms with Crippen molar-refractivity contribution in [2.75, 3.05) is 17.6 Å². The van der Waals surface area contributed by atoms with E-state index in [1.807, 2.05) is 55.5 Å². The van der Waals surface area contributed by atoms with Crippen molar-refractivity contribution < 1.29 is 9.59 Å². The van der Waals surface area contributed by atoms with Crippen molar-refractivity contribution in [2.24, 2.45) is 5.92 Å². The Kier molecular flexibility index (Phi) is 6.78. The summed E-state index contributed by atoms with van der Waals surface area (Å²) in [7, 11) is 0. The number of benzene rings is 2. The van der Waals surface area contributed by atoms with Gasteiger partial charge in [-0.3, -0.25) is 9.59 Å². The van der Waals surface area contributed by atoms with Gasteiger partial charge in [-0.25, -0.2) is 0 Å². The van der Waals surface area contributed by atoms with Crippen LogP contribution in [0.25, 0.3) is 0 Å². The summed E-state index contributed by atoms with van der Waals surface area (Å²) in [6, 6.07) is 15.9. The molecule has 158 valence electrons. The van der Waals surface area contributed by atoms with Crippen molar-refractivity contribution in [3.63, 3.8) is 0 Å². The Hall–Kier alpha value is -2.27. The SMILES string of the molecule is Cc1ccc(NC(=O)CSc2ccccc2C(=O)N2CCCC3CCCCC32)cc1. The summed E-state index contributed by atoms with van der Waals surface area (Å²) in [4.78, 5) is 28.9. The average Bonchev–Trinajstić information content (AvgIpc) is 2.78. The van der Waals surface area contributed by atoms with Crippen molar-refractivity contribution >= 4 is 29.3 Å². The third kappa shape index (κ3) is 4.89. The maximum Gasteiger partial charge on any atom is 0.255 e. The second kappa shape index (κ2) is 9.69. The summed E-state index contributed by atoms with van der Waals surface area (Å²) in [6.07, 6.45) is 7.26. The highest BCUT2D eigenvalue weighted by molar-refractivity contribution is 8.00. The fourth-order valence-electron chi connectivity index (χ4n) is 4.78. The van der Waals surface area contributed by atoms with Crippen molar-refractivity contribution in [1.29, 1.82) is 0 Å². The van der Waals surface area contributed by atoms with Crippen molar-refractivity contribution in [3.8, 4) is 0 Å². The lowest BCUT2D eigenvalue weighted by molar-refractivity contribution is -0.113. The van der Waals surface area contributed by atoms with Crippen molar-refractivity contribution in [3.05, 3.63) is 59.7 Å². The van der Waals surface area contributed by atoms with E-state index in [1.54, 1.807) is 0 Å². The maximum absolute atomic E-state index is 13.5. The number of hydrogen-bond donors (Lipinski definition) is 1. The lowest BCUT2D eigenvalue weighted by atomic mass is 9.78. The number of aryl methyl sites for hydroxylation is 1. The van der Waals surface area contributed by atoms with Crippen LogP contribution in [0.2, 0.25) is 0 Å². The minimum absolute atomic E-state index is 0.0589. The van der Waals surface area contributed by atoms with Gasteiger partial charge in [0.05, 0.1) is 11.3 Å². The molecule has 2 unspecified atom stereocenters. The summed E-state index contributed by atoms with van der Waals surface area (Å²) in [5.41, 5.74) is 2.69. The molecule has 2 aromatic carbocycles. The first-order valence-corrected chi connectivity index (χ1v) is 12.0. The minimum Gasteiger partial charge on any atom is -0.335 e. The normalized spacial score (nSPS) is 21.0. The third-order valence-electron chi connectivity index (χ3n) is 6.32. The van der Waals surface area contributed by atoms with Gasteiger partial charge in [-0.1, -0.05) is 42.7 Å². The number of nitrogens with zero attached hydrogens (tertiary/aromatic N) is 1. The fraction of sp³-hybridized carbons (Fsp3) is 0.440. The van der Waals surface area contributed by atoms with E-state index in [-0.39, 0.29) is 17.6 Å². The highest BCUT2D eigenvalue weighted by Gasteiger charge is 2.36. The van der Waals surface area contributed by atoms with Gasteiger partial charge in [-0.15, -0.1) is 11.8 Å². The van der Waals surface area contributed by atoms with Gasteiger partial charge in [0.2, 0.25) is 5.91 Å². The second-order valence-electron chi connectivity index (χ2n) is 8.45. The van der Waals surface area contributed by atoms with E-state index in [2.05, 4.69) is 10.2 Å². The molecule has 5 heteroatoms. The molecule has 1 saturated carbocycles. The number of thioether (sulfide) groups is 1. The van der Waals surface area contributed by atoms with Crippen LogP contribution in [0.1, 0.15) is 54.4 Å². The molecule has 2 aliphatic rings. The third-order valence-corrected chi connectivity index (χ3v) is 7.39. The first kappa shape index (κ1) is 21.0. The summed E-state index contributed by atoms with van der Waals surface area (Å²) in [6.45, 7) is 2.88. The number of rotatable bonds is 5. The van der Waals surface area contributed by atoms with Crippen LogP contribution < -0.4 is 5.32 Å². The van der Waals surface area contributed by atoms with E-state index >= 15 is 0 Å². The number of carbonyl (C=O) groups is 2. The van der Waals surface area contributed by atoms with E-state index in [0.29, 0.717) is 12.0 Å². The van der Waals surface area contributed by atoms with Crippen LogP contribution in [0.5, 0.6) is 0 Å². The molecule has 4 nitrogen and oxygen atoms in total. The number of nitrogens with one attached hydrogen (secondary N) is 1. The number of piperidine rings is 1. The molecule has 1 heterocycles. The van der Waals surface area contributed by atoms with Crippen LogP contribution >= 0.6 is 11.8 Å². The second-order valence-corrected chi connectivity index (χ2v) is 9.47. The zero-order chi connectivity index (χ0) is 20.9. The van der Waals surface area contributed by atoms with Crippen LogP contribution in [0.15, 0.2) is 53.4 Å². The molecule has 1 aliphatic heterocycles. The first-order valence-electron chi connectivity index (χ1n) is 11.0. The number of carbonyl (C=O) groups excluding carboxylic acids is 2. The van der Waals surface area contributed by atoms with Crippen molar-refractivity contribution in [2.45, 2.75) is 56.4 Å². The lowest BCUT2D eigenvalue weighted by Crippen LogP contribution is -2.49. The van der Waals surface area contributed by atoms with Gasteiger partial charge in [0.15, 0.2) is 0 Å². The quantitative estimate of drug-likeness (QED) is 0.646. The molecule has 0 bridgehead atoms. The fourth-order valence-corrected chi connectivity index (χ4v) is 5.62. The highest BCUT2D eigenvalue weighted by Crippen LogP contribution is 2.36. The summed E-state index contributed by atoms with van der Waals surface area (Å²) in [5, 5.41) is 2.93. The van der Waals surface area contributed by atoms with E-state index in [4.69, 9.17) is 0 Å². The standard InChI is InChI=1S/C25H30N2O2S/c1-18-12-14-20(15-13-18)26-24(28)17-30-23-11-5-3-9-21(23)25(29)27-16-6-8-19-7-2-4-10-22(19)27/h3,5,9,11-15,19,22H,2,4,6-8,10,16-17H2,1H3,(H,26,28). The Morgan fingerprint density at radius 3 is 2.57 bits per heavy atom. The Morgan fingerprint density at radius 2 is 1.73 bits per heavy atom. The topological polar surface area (TPSA) is 49.4 Å². The van der Waals surface area contributed by atoms with Crippen LogP contribution in [0.3, 0.4) is 0 Å². The zero-order valence-electron chi connectivity index (χ0n) is 17.6. The molecule has 1 N–H and O–H groups in total. The van der Waals surface area contributed by atoms with E-state index in [9.17, 15) is 9.59 Å². The molecule has 0 radical (unpaired) electrons. The smallest absolute Gasteiger partial charge is 0.255 e. The predicted octanol–water partition coefficient (Wildman–Crippen LogP) is 5.52. The average molecular weight is 423 g/mol. The van der Waals surface area contributed by atoms with Crippen LogP contribution in [-0.2, 0) is 4.79 Å². The van der Waals surface area contributed by atoms with Crippen LogP contribution in [0, 0.1) is 12.8 Å². The molecule has 0 spiro atoms. The number of likely N-dealkylation sites (tertiary alicyclic amines) is 1. The molecule has 2 amide bonds. The molecule has 2 fully saturated rings. The molecular formula is C25H30N2O2S. The zero-order valence-corrected chi connectivity index (χ0v) is 18.4. The van der Waals surface area contributed by atoms with E-state index < -0.39 is 0 Å². The van der Waals surface area contributed by atoms with Gasteiger partial charge in [0.1, 0.15) is 0 Å². The minimum atomic E-state index is -0.0589.